The number of nitrogens with one attached hydrogen (secondary N) is 2. The molecule has 1 aromatic rings. The van der Waals surface area contributed by atoms with E-state index in [1.807, 2.05) is 67.8 Å². The highest BCUT2D eigenvalue weighted by Crippen LogP contribution is 2.37. The van der Waals surface area contributed by atoms with Crippen LogP contribution in [-0.4, -0.2) is 60.4 Å². The first-order valence-corrected chi connectivity index (χ1v) is 13.2. The zero-order valence-corrected chi connectivity index (χ0v) is 24.9. The van der Waals surface area contributed by atoms with Crippen LogP contribution in [0.25, 0.3) is 0 Å². The molecule has 2 N–H and O–H groups in total. The van der Waals surface area contributed by atoms with E-state index in [0.29, 0.717) is 60.2 Å². The van der Waals surface area contributed by atoms with Crippen molar-refractivity contribution in [2.45, 2.75) is 6.92 Å². The van der Waals surface area contributed by atoms with Crippen LogP contribution in [0.1, 0.15) is 27.6 Å². The third-order valence-corrected chi connectivity index (χ3v) is 7.53. The number of amides is 4. The van der Waals surface area contributed by atoms with Gasteiger partial charge in [0.05, 0.1) is 24.0 Å². The Morgan fingerprint density at radius 3 is 1.42 bits per heavy atom. The normalized spacial score (nSPS) is 10.1. The van der Waals surface area contributed by atoms with Crippen molar-refractivity contribution < 1.29 is 14.4 Å². The van der Waals surface area contributed by atoms with Gasteiger partial charge in [0.25, 0.3) is 11.8 Å². The quantitative estimate of drug-likeness (QED) is 0.224. The van der Waals surface area contributed by atoms with Gasteiger partial charge in [0.1, 0.15) is 0 Å². The Balaban J connectivity index is 3.86. The minimum atomic E-state index is -0.422. The van der Waals surface area contributed by atoms with Gasteiger partial charge in [0.2, 0.25) is 0 Å². The lowest BCUT2D eigenvalue weighted by molar-refractivity contribution is 0.0786. The van der Waals surface area contributed by atoms with Crippen LogP contribution in [0.15, 0.2) is 50.6 Å². The molecule has 33 heavy (non-hydrogen) atoms. The van der Waals surface area contributed by atoms with E-state index in [1.54, 1.807) is 41.0 Å². The molecule has 178 valence electrons. The summed E-state index contributed by atoms with van der Waals surface area (Å²) in [6.07, 6.45) is 6.51. The van der Waals surface area contributed by atoms with Crippen molar-refractivity contribution in [1.29, 1.82) is 0 Å². The standard InChI is InChI=1S/C23H27I3N4O3/c1-6-11-29(12-7-2)21(31)15-17(24)16(22(32)30(13-8-3)14-9-4)19(26)20(18(15)25)28-23(33)27-10-5/h6-9H,1-4,10-14H2,5H3,(H2,27,28,33). The van der Waals surface area contributed by atoms with Crippen molar-refractivity contribution >= 4 is 91.3 Å². The van der Waals surface area contributed by atoms with Crippen molar-refractivity contribution in [1.82, 2.24) is 15.1 Å². The fourth-order valence-corrected chi connectivity index (χ4v) is 7.25. The molecule has 1 rings (SSSR count). The lowest BCUT2D eigenvalue weighted by Crippen LogP contribution is -2.36. The van der Waals surface area contributed by atoms with Crippen molar-refractivity contribution in [2.24, 2.45) is 0 Å². The number of carbonyl (C=O) groups is 3. The second-order valence-electron chi connectivity index (χ2n) is 6.63. The summed E-state index contributed by atoms with van der Waals surface area (Å²) in [7, 11) is 0. The lowest BCUT2D eigenvalue weighted by Gasteiger charge is -2.26. The number of hydrogen-bond donors (Lipinski definition) is 2. The molecule has 0 aliphatic rings. The van der Waals surface area contributed by atoms with Crippen LogP contribution in [0.5, 0.6) is 0 Å². The van der Waals surface area contributed by atoms with E-state index in [9.17, 15) is 14.4 Å². The first kappa shape index (κ1) is 29.6. The van der Waals surface area contributed by atoms with Gasteiger partial charge in [-0.2, -0.15) is 0 Å². The molecule has 7 nitrogen and oxygen atoms in total. The molecule has 0 atom stereocenters. The van der Waals surface area contributed by atoms with E-state index in [0.717, 1.165) is 0 Å². The Bertz CT molecular complexity index is 880. The first-order chi connectivity index (χ1) is 15.7. The average Bonchev–Trinajstić information content (AvgIpc) is 2.76. The Labute approximate surface area is 236 Å². The molecule has 0 spiro atoms. The zero-order chi connectivity index (χ0) is 25.1. The number of urea groups is 1. The van der Waals surface area contributed by atoms with Crippen molar-refractivity contribution in [2.75, 3.05) is 38.0 Å². The molecule has 10 heteroatoms. The van der Waals surface area contributed by atoms with Crippen molar-refractivity contribution in [3.8, 4) is 0 Å². The van der Waals surface area contributed by atoms with Gasteiger partial charge in [-0.05, 0) is 74.7 Å². The maximum absolute atomic E-state index is 13.6. The number of rotatable bonds is 12. The third-order valence-electron chi connectivity index (χ3n) is 4.29. The smallest absolute Gasteiger partial charge is 0.319 e. The molecule has 0 saturated carbocycles. The van der Waals surface area contributed by atoms with Gasteiger partial charge in [0.15, 0.2) is 0 Å². The van der Waals surface area contributed by atoms with Crippen LogP contribution in [-0.2, 0) is 0 Å². The van der Waals surface area contributed by atoms with Crippen LogP contribution in [0.3, 0.4) is 0 Å². The monoisotopic (exact) mass is 788 g/mol. The van der Waals surface area contributed by atoms with Crippen molar-refractivity contribution in [3.05, 3.63) is 72.5 Å². The maximum atomic E-state index is 13.6. The van der Waals surface area contributed by atoms with E-state index in [2.05, 4.69) is 36.9 Å². The molecular weight excluding hydrogens is 761 g/mol. The highest BCUT2D eigenvalue weighted by Gasteiger charge is 2.31. The van der Waals surface area contributed by atoms with Gasteiger partial charge in [0, 0.05) is 36.3 Å². The SMILES string of the molecule is C=CCN(CC=C)C(=O)c1c(I)c(NC(=O)NCC)c(I)c(C(=O)N(CC=C)CC=C)c1I. The molecule has 0 unspecified atom stereocenters. The minimum Gasteiger partial charge on any atom is -0.338 e. The molecule has 0 aliphatic heterocycles. The van der Waals surface area contributed by atoms with Gasteiger partial charge in [-0.15, -0.1) is 26.3 Å². The summed E-state index contributed by atoms with van der Waals surface area (Å²) < 4.78 is 1.60. The predicted octanol–water partition coefficient (Wildman–Crippen LogP) is 5.27. The van der Waals surface area contributed by atoms with Crippen LogP contribution < -0.4 is 10.6 Å². The molecule has 0 aliphatic carbocycles. The molecule has 0 bridgehead atoms. The Morgan fingerprint density at radius 2 is 1.12 bits per heavy atom. The predicted molar refractivity (Wildman–Crippen MR) is 160 cm³/mol. The number of nitrogens with zero attached hydrogens (tertiary/aromatic N) is 2. The van der Waals surface area contributed by atoms with E-state index in [-0.39, 0.29) is 11.8 Å². The van der Waals surface area contributed by atoms with E-state index < -0.39 is 6.03 Å². The van der Waals surface area contributed by atoms with Gasteiger partial charge in [-0.1, -0.05) is 24.3 Å². The summed E-state index contributed by atoms with van der Waals surface area (Å²) in [5.74, 6) is -0.570. The van der Waals surface area contributed by atoms with Crippen molar-refractivity contribution in [3.63, 3.8) is 0 Å². The Morgan fingerprint density at radius 1 is 0.758 bits per heavy atom. The second kappa shape index (κ2) is 14.8. The summed E-state index contributed by atoms with van der Waals surface area (Å²) in [5.41, 5.74) is 1.09. The fourth-order valence-electron chi connectivity index (χ4n) is 2.89. The number of hydrogen-bond acceptors (Lipinski definition) is 3. The Kier molecular flexibility index (Phi) is 13.2. The molecule has 0 heterocycles. The Hall–Kier alpha value is -1.42. The lowest BCUT2D eigenvalue weighted by atomic mass is 10.1. The largest absolute Gasteiger partial charge is 0.338 e. The van der Waals surface area contributed by atoms with Gasteiger partial charge in [-0.3, -0.25) is 9.59 Å². The van der Waals surface area contributed by atoms with E-state index in [1.165, 1.54) is 0 Å². The summed E-state index contributed by atoms with van der Waals surface area (Å²) >= 11 is 6.12. The summed E-state index contributed by atoms with van der Waals surface area (Å²) in [4.78, 5) is 42.7. The number of anilines is 1. The molecule has 4 amide bonds. The fraction of sp³-hybridized carbons (Fsp3) is 0.261. The van der Waals surface area contributed by atoms with Crippen LogP contribution in [0.2, 0.25) is 0 Å². The first-order valence-electron chi connectivity index (χ1n) is 9.97. The van der Waals surface area contributed by atoms with E-state index >= 15 is 0 Å². The highest BCUT2D eigenvalue weighted by atomic mass is 127. The minimum absolute atomic E-state index is 0.285. The summed E-state index contributed by atoms with van der Waals surface area (Å²) in [6.45, 7) is 18.4. The van der Waals surface area contributed by atoms with Crippen LogP contribution >= 0.6 is 67.8 Å². The molecule has 1 aromatic carbocycles. The molecule has 0 saturated heterocycles. The van der Waals surface area contributed by atoms with E-state index in [4.69, 9.17) is 0 Å². The average molecular weight is 788 g/mol. The summed E-state index contributed by atoms with van der Waals surface area (Å²) in [6, 6.07) is -0.422. The molecule has 0 radical (unpaired) electrons. The summed E-state index contributed by atoms with van der Waals surface area (Å²) in [5, 5.41) is 5.50. The topological polar surface area (TPSA) is 81.8 Å². The second-order valence-corrected chi connectivity index (χ2v) is 9.86. The number of halogens is 3. The van der Waals surface area contributed by atoms with Crippen LogP contribution in [0.4, 0.5) is 10.5 Å². The number of benzene rings is 1. The molecule has 0 fully saturated rings. The molecular formula is C23H27I3N4O3. The maximum Gasteiger partial charge on any atom is 0.319 e. The zero-order valence-electron chi connectivity index (χ0n) is 18.4. The van der Waals surface area contributed by atoms with Gasteiger partial charge in [-0.25, -0.2) is 4.79 Å². The highest BCUT2D eigenvalue weighted by molar-refractivity contribution is 14.1. The van der Waals surface area contributed by atoms with Gasteiger partial charge < -0.3 is 20.4 Å². The molecule has 0 aromatic heterocycles. The number of carbonyl (C=O) groups excluding carboxylic acids is 3. The van der Waals surface area contributed by atoms with Crippen LogP contribution in [0, 0.1) is 10.7 Å². The van der Waals surface area contributed by atoms with Gasteiger partial charge >= 0.3 is 6.03 Å². The third kappa shape index (κ3) is 7.53.